The van der Waals surface area contributed by atoms with Crippen molar-refractivity contribution in [3.05, 3.63) is 70.2 Å². The van der Waals surface area contributed by atoms with E-state index in [-0.39, 0.29) is 12.5 Å². The third kappa shape index (κ3) is 5.21. The topological polar surface area (TPSA) is 60.5 Å². The lowest BCUT2D eigenvalue weighted by Gasteiger charge is -2.05. The van der Waals surface area contributed by atoms with E-state index in [4.69, 9.17) is 21.1 Å². The quantitative estimate of drug-likeness (QED) is 0.651. The standard InChI is InChI=1S/C19H17ClN2O3S/c1-24-15-6-2-13(3-7-15)10-17-11-21-19(26-17)22-18(23)12-25-16-8-4-14(20)5-9-16/h2-9,11H,10,12H2,1H3,(H,21,22,23). The number of amides is 1. The minimum Gasteiger partial charge on any atom is -0.497 e. The number of carbonyl (C=O) groups is 1. The first-order valence-electron chi connectivity index (χ1n) is 7.88. The molecule has 3 aromatic rings. The van der Waals surface area contributed by atoms with Crippen LogP contribution >= 0.6 is 22.9 Å². The highest BCUT2D eigenvalue weighted by Gasteiger charge is 2.08. The van der Waals surface area contributed by atoms with Gasteiger partial charge in [0.05, 0.1) is 7.11 Å². The maximum atomic E-state index is 12.0. The molecule has 0 aliphatic rings. The molecule has 0 spiro atoms. The third-order valence-corrected chi connectivity index (χ3v) is 4.69. The van der Waals surface area contributed by atoms with E-state index in [1.54, 1.807) is 37.6 Å². The zero-order valence-corrected chi connectivity index (χ0v) is 15.6. The van der Waals surface area contributed by atoms with Gasteiger partial charge in [-0.3, -0.25) is 10.1 Å². The molecule has 0 atom stereocenters. The van der Waals surface area contributed by atoms with Gasteiger partial charge in [0.15, 0.2) is 11.7 Å². The number of halogens is 1. The lowest BCUT2D eigenvalue weighted by molar-refractivity contribution is -0.118. The molecule has 0 saturated heterocycles. The number of ether oxygens (including phenoxy) is 2. The molecule has 3 rings (SSSR count). The van der Waals surface area contributed by atoms with Crippen molar-refractivity contribution in [2.24, 2.45) is 0 Å². The molecule has 1 aromatic heterocycles. The maximum Gasteiger partial charge on any atom is 0.264 e. The summed E-state index contributed by atoms with van der Waals surface area (Å²) in [6, 6.07) is 14.7. The maximum absolute atomic E-state index is 12.0. The molecule has 0 unspecified atom stereocenters. The van der Waals surface area contributed by atoms with Gasteiger partial charge in [-0.15, -0.1) is 11.3 Å². The second-order valence-electron chi connectivity index (χ2n) is 5.45. The molecular formula is C19H17ClN2O3S. The zero-order chi connectivity index (χ0) is 18.4. The van der Waals surface area contributed by atoms with E-state index < -0.39 is 0 Å². The van der Waals surface area contributed by atoms with Gasteiger partial charge in [-0.1, -0.05) is 23.7 Å². The molecule has 1 amide bonds. The van der Waals surface area contributed by atoms with E-state index in [0.29, 0.717) is 15.9 Å². The minimum atomic E-state index is -0.259. The Bertz CT molecular complexity index is 863. The Morgan fingerprint density at radius 3 is 2.50 bits per heavy atom. The Balaban J connectivity index is 1.50. The summed E-state index contributed by atoms with van der Waals surface area (Å²) in [6.45, 7) is -0.0883. The summed E-state index contributed by atoms with van der Waals surface area (Å²) >= 11 is 7.25. The van der Waals surface area contributed by atoms with Crippen LogP contribution in [-0.4, -0.2) is 24.6 Å². The minimum absolute atomic E-state index is 0.0883. The Morgan fingerprint density at radius 2 is 1.81 bits per heavy atom. The molecule has 0 aliphatic carbocycles. The van der Waals surface area contributed by atoms with Gasteiger partial charge in [-0.05, 0) is 42.0 Å². The molecule has 0 fully saturated rings. The average Bonchev–Trinajstić information content (AvgIpc) is 3.08. The summed E-state index contributed by atoms with van der Waals surface area (Å²) in [4.78, 5) is 17.3. The van der Waals surface area contributed by atoms with Crippen LogP contribution in [0.1, 0.15) is 10.4 Å². The summed E-state index contributed by atoms with van der Waals surface area (Å²) in [5, 5.41) is 3.92. The summed E-state index contributed by atoms with van der Waals surface area (Å²) in [5.41, 5.74) is 1.15. The molecule has 0 saturated carbocycles. The van der Waals surface area contributed by atoms with Gasteiger partial charge in [0.25, 0.3) is 5.91 Å². The SMILES string of the molecule is COc1ccc(Cc2cnc(NC(=O)COc3ccc(Cl)cc3)s2)cc1. The summed E-state index contributed by atoms with van der Waals surface area (Å²) in [7, 11) is 1.64. The van der Waals surface area contributed by atoms with Crippen molar-refractivity contribution in [1.29, 1.82) is 0 Å². The smallest absolute Gasteiger partial charge is 0.264 e. The van der Waals surface area contributed by atoms with Crippen LogP contribution in [0.2, 0.25) is 5.02 Å². The van der Waals surface area contributed by atoms with E-state index in [9.17, 15) is 4.79 Å². The van der Waals surface area contributed by atoms with E-state index >= 15 is 0 Å². The molecule has 1 heterocycles. The van der Waals surface area contributed by atoms with Crippen molar-refractivity contribution in [1.82, 2.24) is 4.98 Å². The van der Waals surface area contributed by atoms with Crippen molar-refractivity contribution in [3.8, 4) is 11.5 Å². The lowest BCUT2D eigenvalue weighted by Crippen LogP contribution is -2.19. The number of nitrogens with zero attached hydrogens (tertiary/aromatic N) is 1. The van der Waals surface area contributed by atoms with Crippen LogP contribution in [0.3, 0.4) is 0 Å². The highest BCUT2D eigenvalue weighted by atomic mass is 35.5. The Morgan fingerprint density at radius 1 is 1.12 bits per heavy atom. The van der Waals surface area contributed by atoms with Gasteiger partial charge in [0, 0.05) is 22.5 Å². The molecule has 0 radical (unpaired) electrons. The van der Waals surface area contributed by atoms with E-state index in [1.807, 2.05) is 24.3 Å². The van der Waals surface area contributed by atoms with Crippen LogP contribution < -0.4 is 14.8 Å². The first kappa shape index (κ1) is 18.2. The second kappa shape index (κ2) is 8.69. The number of hydrogen-bond acceptors (Lipinski definition) is 5. The van der Waals surface area contributed by atoms with Crippen molar-refractivity contribution >= 4 is 34.0 Å². The number of thiazole rings is 1. The van der Waals surface area contributed by atoms with Gasteiger partial charge < -0.3 is 9.47 Å². The molecule has 5 nitrogen and oxygen atoms in total. The number of hydrogen-bond donors (Lipinski definition) is 1. The fourth-order valence-electron chi connectivity index (χ4n) is 2.23. The Labute approximate surface area is 160 Å². The molecule has 0 aliphatic heterocycles. The van der Waals surface area contributed by atoms with Crippen LogP contribution in [-0.2, 0) is 11.2 Å². The molecule has 1 N–H and O–H groups in total. The molecule has 0 bridgehead atoms. The lowest BCUT2D eigenvalue weighted by atomic mass is 10.1. The molecule has 2 aromatic carbocycles. The van der Waals surface area contributed by atoms with E-state index in [1.165, 1.54) is 11.3 Å². The normalized spacial score (nSPS) is 10.4. The van der Waals surface area contributed by atoms with E-state index in [0.717, 1.165) is 22.6 Å². The van der Waals surface area contributed by atoms with Crippen LogP contribution in [0, 0.1) is 0 Å². The highest BCUT2D eigenvalue weighted by molar-refractivity contribution is 7.15. The van der Waals surface area contributed by atoms with Gasteiger partial charge in [0.2, 0.25) is 0 Å². The predicted molar refractivity (Wildman–Crippen MR) is 103 cm³/mol. The van der Waals surface area contributed by atoms with Crippen molar-refractivity contribution in [2.45, 2.75) is 6.42 Å². The Kier molecular flexibility index (Phi) is 6.09. The number of nitrogens with one attached hydrogen (secondary N) is 1. The zero-order valence-electron chi connectivity index (χ0n) is 14.1. The number of methoxy groups -OCH3 is 1. The largest absolute Gasteiger partial charge is 0.497 e. The highest BCUT2D eigenvalue weighted by Crippen LogP contribution is 2.22. The van der Waals surface area contributed by atoms with Gasteiger partial charge >= 0.3 is 0 Å². The van der Waals surface area contributed by atoms with Crippen molar-refractivity contribution in [3.63, 3.8) is 0 Å². The molecule has 26 heavy (non-hydrogen) atoms. The third-order valence-electron chi connectivity index (χ3n) is 3.52. The average molecular weight is 389 g/mol. The molecule has 134 valence electrons. The van der Waals surface area contributed by atoms with Crippen molar-refractivity contribution in [2.75, 3.05) is 19.0 Å². The van der Waals surface area contributed by atoms with E-state index in [2.05, 4.69) is 10.3 Å². The van der Waals surface area contributed by atoms with Crippen LogP contribution in [0.15, 0.2) is 54.7 Å². The monoisotopic (exact) mass is 388 g/mol. The molecule has 7 heteroatoms. The number of anilines is 1. The first-order valence-corrected chi connectivity index (χ1v) is 9.07. The van der Waals surface area contributed by atoms with Crippen molar-refractivity contribution < 1.29 is 14.3 Å². The summed E-state index contributed by atoms with van der Waals surface area (Å²) < 4.78 is 10.6. The first-order chi connectivity index (χ1) is 12.6. The van der Waals surface area contributed by atoms with Crippen LogP contribution in [0.4, 0.5) is 5.13 Å². The number of aromatic nitrogens is 1. The summed E-state index contributed by atoms with van der Waals surface area (Å²) in [5.74, 6) is 1.15. The van der Waals surface area contributed by atoms with Gasteiger partial charge in [0.1, 0.15) is 11.5 Å². The number of benzene rings is 2. The fourth-order valence-corrected chi connectivity index (χ4v) is 3.22. The molecular weight excluding hydrogens is 372 g/mol. The van der Waals surface area contributed by atoms with Gasteiger partial charge in [-0.25, -0.2) is 4.98 Å². The Hall–Kier alpha value is -2.57. The predicted octanol–water partition coefficient (Wildman–Crippen LogP) is 4.41. The van der Waals surface area contributed by atoms with Crippen LogP contribution in [0.5, 0.6) is 11.5 Å². The van der Waals surface area contributed by atoms with Gasteiger partial charge in [-0.2, -0.15) is 0 Å². The number of rotatable bonds is 7. The fraction of sp³-hybridized carbons (Fsp3) is 0.158. The second-order valence-corrected chi connectivity index (χ2v) is 7.00. The number of carbonyl (C=O) groups excluding carboxylic acids is 1. The summed E-state index contributed by atoms with van der Waals surface area (Å²) in [6.07, 6.45) is 2.52. The van der Waals surface area contributed by atoms with Crippen LogP contribution in [0.25, 0.3) is 0 Å².